The molecule has 2 aliphatic carbocycles. The zero-order valence-corrected chi connectivity index (χ0v) is 22.6. The predicted molar refractivity (Wildman–Crippen MR) is 141 cm³/mol. The van der Waals surface area contributed by atoms with Gasteiger partial charge in [0, 0.05) is 42.4 Å². The van der Waals surface area contributed by atoms with Gasteiger partial charge in [-0.3, -0.25) is 4.68 Å². The normalized spacial score (nSPS) is 24.3. The van der Waals surface area contributed by atoms with Crippen LogP contribution in [0.25, 0.3) is 10.9 Å². The standard InChI is InChI=1S/C28H36F4N6O/c1-4-33-24-15-23-21(16-35-24)26(17-5-7-18(8-6-17)37(2)3)36-38(23)19-9-11-20(12-10-19)39-27-25(29)22(13-14-34-27)28(30,31)32/h13-20H,4-12H2,1-3H3,(H,33,35)/t17-,18+,19-,20+. The maximum Gasteiger partial charge on any atom is 0.419 e. The van der Waals surface area contributed by atoms with E-state index in [-0.39, 0.29) is 6.04 Å². The van der Waals surface area contributed by atoms with E-state index in [9.17, 15) is 17.6 Å². The van der Waals surface area contributed by atoms with Crippen LogP contribution in [0.2, 0.25) is 0 Å². The maximum absolute atomic E-state index is 14.5. The van der Waals surface area contributed by atoms with Crippen LogP contribution in [0.1, 0.15) is 81.5 Å². The van der Waals surface area contributed by atoms with E-state index in [1.165, 1.54) is 0 Å². The first-order valence-electron chi connectivity index (χ1n) is 13.8. The number of alkyl halides is 3. The average Bonchev–Trinajstić information content (AvgIpc) is 3.29. The Morgan fingerprint density at radius 1 is 1.05 bits per heavy atom. The minimum absolute atomic E-state index is 0.107. The minimum atomic E-state index is -4.80. The second kappa shape index (κ2) is 11.3. The topological polar surface area (TPSA) is 68.1 Å². The zero-order chi connectivity index (χ0) is 27.7. The summed E-state index contributed by atoms with van der Waals surface area (Å²) < 4.78 is 61.5. The summed E-state index contributed by atoms with van der Waals surface area (Å²) in [5.41, 5.74) is 0.786. The zero-order valence-electron chi connectivity index (χ0n) is 22.6. The van der Waals surface area contributed by atoms with Crippen LogP contribution < -0.4 is 10.1 Å². The Balaban J connectivity index is 1.34. The first-order chi connectivity index (χ1) is 18.7. The summed E-state index contributed by atoms with van der Waals surface area (Å²) >= 11 is 0. The average molecular weight is 549 g/mol. The highest BCUT2D eigenvalue weighted by Gasteiger charge is 2.37. The van der Waals surface area contributed by atoms with E-state index < -0.39 is 29.5 Å². The number of halogens is 4. The van der Waals surface area contributed by atoms with Crippen LogP contribution in [0.4, 0.5) is 23.4 Å². The fourth-order valence-corrected chi connectivity index (χ4v) is 6.07. The van der Waals surface area contributed by atoms with Crippen molar-refractivity contribution in [2.75, 3.05) is 26.0 Å². The number of rotatable bonds is 7. The summed E-state index contributed by atoms with van der Waals surface area (Å²) in [4.78, 5) is 10.7. The molecule has 5 rings (SSSR count). The number of ether oxygens (including phenoxy) is 1. The second-order valence-corrected chi connectivity index (χ2v) is 10.9. The van der Waals surface area contributed by atoms with Crippen LogP contribution in [0.3, 0.4) is 0 Å². The molecule has 0 bridgehead atoms. The Bertz CT molecular complexity index is 1280. The van der Waals surface area contributed by atoms with E-state index in [2.05, 4.69) is 45.0 Å². The Morgan fingerprint density at radius 2 is 1.77 bits per heavy atom. The predicted octanol–water partition coefficient (Wildman–Crippen LogP) is 6.57. The van der Waals surface area contributed by atoms with Crippen LogP contribution in [0.15, 0.2) is 24.5 Å². The van der Waals surface area contributed by atoms with Crippen molar-refractivity contribution in [3.05, 3.63) is 41.6 Å². The molecule has 3 aromatic rings. The Morgan fingerprint density at radius 3 is 2.41 bits per heavy atom. The fourth-order valence-electron chi connectivity index (χ4n) is 6.07. The third-order valence-electron chi connectivity index (χ3n) is 8.22. The number of pyridine rings is 2. The lowest BCUT2D eigenvalue weighted by Gasteiger charge is -2.32. The Kier molecular flexibility index (Phi) is 7.98. The molecule has 0 aliphatic heterocycles. The molecule has 0 radical (unpaired) electrons. The van der Waals surface area contributed by atoms with Crippen molar-refractivity contribution in [1.82, 2.24) is 24.6 Å². The molecule has 3 aromatic heterocycles. The van der Waals surface area contributed by atoms with E-state index >= 15 is 0 Å². The molecule has 0 atom stereocenters. The lowest BCUT2D eigenvalue weighted by Crippen LogP contribution is -2.31. The largest absolute Gasteiger partial charge is 0.472 e. The molecule has 3 heterocycles. The lowest BCUT2D eigenvalue weighted by atomic mass is 9.83. The molecule has 2 saturated carbocycles. The molecular weight excluding hydrogens is 512 g/mol. The van der Waals surface area contributed by atoms with Gasteiger partial charge >= 0.3 is 6.18 Å². The van der Waals surface area contributed by atoms with Gasteiger partial charge in [-0.1, -0.05) is 0 Å². The van der Waals surface area contributed by atoms with Crippen molar-refractivity contribution in [2.45, 2.75) is 88.6 Å². The molecule has 1 N–H and O–H groups in total. The first-order valence-corrected chi connectivity index (χ1v) is 13.8. The van der Waals surface area contributed by atoms with Gasteiger partial charge in [0.2, 0.25) is 0 Å². The molecule has 0 aromatic carbocycles. The van der Waals surface area contributed by atoms with Crippen LogP contribution >= 0.6 is 0 Å². The molecule has 2 aliphatic rings. The maximum atomic E-state index is 14.5. The van der Waals surface area contributed by atoms with Crippen LogP contribution in [0, 0.1) is 5.82 Å². The molecule has 39 heavy (non-hydrogen) atoms. The molecule has 0 unspecified atom stereocenters. The number of nitrogens with zero attached hydrogens (tertiary/aromatic N) is 5. The monoisotopic (exact) mass is 548 g/mol. The van der Waals surface area contributed by atoms with Crippen molar-refractivity contribution in [2.24, 2.45) is 0 Å². The molecule has 11 heteroatoms. The van der Waals surface area contributed by atoms with Crippen LogP contribution in [0.5, 0.6) is 5.88 Å². The lowest BCUT2D eigenvalue weighted by molar-refractivity contribution is -0.140. The first kappa shape index (κ1) is 27.6. The van der Waals surface area contributed by atoms with Gasteiger partial charge in [0.1, 0.15) is 11.9 Å². The van der Waals surface area contributed by atoms with Gasteiger partial charge in [0.25, 0.3) is 5.88 Å². The Hall–Kier alpha value is -2.95. The molecule has 212 valence electrons. The summed E-state index contributed by atoms with van der Waals surface area (Å²) in [5, 5.41) is 9.54. The summed E-state index contributed by atoms with van der Waals surface area (Å²) in [6, 6.07) is 3.39. The van der Waals surface area contributed by atoms with Gasteiger partial charge < -0.3 is 15.0 Å². The van der Waals surface area contributed by atoms with Gasteiger partial charge in [0.05, 0.1) is 22.8 Å². The highest BCUT2D eigenvalue weighted by atomic mass is 19.4. The third-order valence-corrected chi connectivity index (χ3v) is 8.22. The fraction of sp³-hybridized carbons (Fsp3) is 0.607. The third kappa shape index (κ3) is 5.83. The number of nitrogens with one attached hydrogen (secondary N) is 1. The summed E-state index contributed by atoms with van der Waals surface area (Å²) in [6.45, 7) is 2.79. The molecule has 7 nitrogen and oxygen atoms in total. The Labute approximate surface area is 225 Å². The van der Waals surface area contributed by atoms with E-state index in [1.807, 2.05) is 13.1 Å². The number of fused-ring (bicyclic) bond motifs is 1. The number of hydrogen-bond donors (Lipinski definition) is 1. The van der Waals surface area contributed by atoms with Crippen LogP contribution in [-0.2, 0) is 6.18 Å². The quantitative estimate of drug-likeness (QED) is 0.337. The van der Waals surface area contributed by atoms with Gasteiger partial charge in [-0.25, -0.2) is 14.4 Å². The molecular formula is C28H36F4N6O. The highest BCUT2D eigenvalue weighted by Crippen LogP contribution is 2.40. The highest BCUT2D eigenvalue weighted by molar-refractivity contribution is 5.84. The van der Waals surface area contributed by atoms with Crippen molar-refractivity contribution >= 4 is 16.7 Å². The van der Waals surface area contributed by atoms with E-state index in [1.54, 1.807) is 0 Å². The van der Waals surface area contributed by atoms with Crippen molar-refractivity contribution in [1.29, 1.82) is 0 Å². The van der Waals surface area contributed by atoms with E-state index in [4.69, 9.17) is 9.84 Å². The minimum Gasteiger partial charge on any atom is -0.472 e. The number of anilines is 1. The van der Waals surface area contributed by atoms with Gasteiger partial charge in [-0.2, -0.15) is 18.3 Å². The SMILES string of the molecule is CCNc1cc2c(cn1)c([C@H]1CC[C@@H](N(C)C)CC1)nn2[C@H]1CC[C@@H](Oc2nccc(C(F)(F)F)c2F)CC1. The van der Waals surface area contributed by atoms with Crippen molar-refractivity contribution in [3.63, 3.8) is 0 Å². The summed E-state index contributed by atoms with van der Waals surface area (Å²) in [7, 11) is 4.28. The van der Waals surface area contributed by atoms with Gasteiger partial charge in [-0.15, -0.1) is 0 Å². The van der Waals surface area contributed by atoms with Crippen LogP contribution in [-0.4, -0.2) is 57.4 Å². The van der Waals surface area contributed by atoms with E-state index in [0.29, 0.717) is 43.7 Å². The second-order valence-electron chi connectivity index (χ2n) is 10.9. The van der Waals surface area contributed by atoms with Gasteiger partial charge in [-0.05, 0) is 78.5 Å². The molecule has 0 spiro atoms. The molecule has 0 amide bonds. The van der Waals surface area contributed by atoms with Gasteiger partial charge in [0.15, 0.2) is 5.82 Å². The number of aromatic nitrogens is 4. The smallest absolute Gasteiger partial charge is 0.419 e. The molecule has 0 saturated heterocycles. The van der Waals surface area contributed by atoms with Crippen molar-refractivity contribution < 1.29 is 22.3 Å². The summed E-state index contributed by atoms with van der Waals surface area (Å²) in [5.74, 6) is -0.861. The summed E-state index contributed by atoms with van der Waals surface area (Å²) in [6.07, 6.45) is 4.67. The van der Waals surface area contributed by atoms with Crippen molar-refractivity contribution in [3.8, 4) is 5.88 Å². The number of hydrogen-bond acceptors (Lipinski definition) is 6. The van der Waals surface area contributed by atoms with E-state index in [0.717, 1.165) is 60.8 Å². The molecule has 2 fully saturated rings.